The van der Waals surface area contributed by atoms with Crippen LogP contribution in [0.4, 0.5) is 5.69 Å². The summed E-state index contributed by atoms with van der Waals surface area (Å²) in [6.07, 6.45) is 3.23. The highest BCUT2D eigenvalue weighted by molar-refractivity contribution is 6.09. The van der Waals surface area contributed by atoms with Gasteiger partial charge < -0.3 is 10.6 Å². The number of rotatable bonds is 8. The number of hydrogen-bond donors (Lipinski definition) is 2. The molecule has 29 heavy (non-hydrogen) atoms. The lowest BCUT2D eigenvalue weighted by atomic mass is 9.99. The Morgan fingerprint density at radius 1 is 0.759 bits per heavy atom. The van der Waals surface area contributed by atoms with Gasteiger partial charge in [-0.05, 0) is 42.2 Å². The highest BCUT2D eigenvalue weighted by Crippen LogP contribution is 2.19. The first kappa shape index (κ1) is 20.1. The topological polar surface area (TPSA) is 58.2 Å². The van der Waals surface area contributed by atoms with Gasteiger partial charge in [0.15, 0.2) is 0 Å². The molecular weight excluding hydrogens is 360 g/mol. The summed E-state index contributed by atoms with van der Waals surface area (Å²) in [5.74, 6) is -0.476. The Kier molecular flexibility index (Phi) is 6.95. The van der Waals surface area contributed by atoms with E-state index in [4.69, 9.17) is 0 Å². The summed E-state index contributed by atoms with van der Waals surface area (Å²) < 4.78 is 0. The molecule has 0 aliphatic rings. The number of amides is 2. The van der Waals surface area contributed by atoms with E-state index in [1.165, 1.54) is 5.56 Å². The van der Waals surface area contributed by atoms with Crippen molar-refractivity contribution in [3.05, 3.63) is 114 Å². The van der Waals surface area contributed by atoms with Crippen LogP contribution < -0.4 is 10.6 Å². The predicted molar refractivity (Wildman–Crippen MR) is 117 cm³/mol. The molecule has 0 saturated heterocycles. The van der Waals surface area contributed by atoms with Crippen LogP contribution in [0.1, 0.15) is 31.8 Å². The number of carbonyl (C=O) groups excluding carboxylic acids is 2. The number of hydrogen-bond acceptors (Lipinski definition) is 2. The molecule has 4 nitrogen and oxygen atoms in total. The smallest absolute Gasteiger partial charge is 0.255 e. The molecule has 0 radical (unpaired) electrons. The lowest BCUT2D eigenvalue weighted by molar-refractivity contribution is 0.0959. The third-order valence-electron chi connectivity index (χ3n) is 4.61. The fourth-order valence-corrected chi connectivity index (χ4v) is 3.12. The third-order valence-corrected chi connectivity index (χ3v) is 4.61. The van der Waals surface area contributed by atoms with Crippen molar-refractivity contribution in [3.8, 4) is 0 Å². The van der Waals surface area contributed by atoms with Gasteiger partial charge in [-0.15, -0.1) is 6.58 Å². The average molecular weight is 384 g/mol. The molecule has 0 fully saturated rings. The lowest BCUT2D eigenvalue weighted by Crippen LogP contribution is -2.25. The van der Waals surface area contributed by atoms with Crippen molar-refractivity contribution in [1.82, 2.24) is 5.32 Å². The van der Waals surface area contributed by atoms with Crippen molar-refractivity contribution >= 4 is 17.5 Å². The van der Waals surface area contributed by atoms with Crippen molar-refractivity contribution in [3.63, 3.8) is 0 Å². The van der Waals surface area contributed by atoms with Crippen LogP contribution in [-0.4, -0.2) is 18.4 Å². The van der Waals surface area contributed by atoms with Gasteiger partial charge in [-0.25, -0.2) is 0 Å². The Hall–Kier alpha value is -3.66. The normalized spacial score (nSPS) is 10.2. The summed E-state index contributed by atoms with van der Waals surface area (Å²) in [4.78, 5) is 25.3. The fraction of sp³-hybridized carbons (Fsp3) is 0.120. The van der Waals surface area contributed by atoms with Crippen molar-refractivity contribution in [2.24, 2.45) is 0 Å². The zero-order valence-corrected chi connectivity index (χ0v) is 16.2. The number of nitrogens with one attached hydrogen (secondary N) is 2. The van der Waals surface area contributed by atoms with Crippen molar-refractivity contribution in [1.29, 1.82) is 0 Å². The minimum atomic E-state index is -0.252. The molecule has 3 rings (SSSR count). The average Bonchev–Trinajstić information content (AvgIpc) is 2.77. The fourth-order valence-electron chi connectivity index (χ4n) is 3.12. The first-order chi connectivity index (χ1) is 14.2. The van der Waals surface area contributed by atoms with Crippen LogP contribution in [0.2, 0.25) is 0 Å². The Labute approximate surface area is 171 Å². The van der Waals surface area contributed by atoms with E-state index in [0.29, 0.717) is 23.4 Å². The van der Waals surface area contributed by atoms with E-state index >= 15 is 0 Å². The maximum absolute atomic E-state index is 13.0. The molecule has 4 heteroatoms. The largest absolute Gasteiger partial charge is 0.349 e. The summed E-state index contributed by atoms with van der Waals surface area (Å²) >= 11 is 0. The molecule has 0 aliphatic carbocycles. The van der Waals surface area contributed by atoms with E-state index in [2.05, 4.69) is 29.3 Å². The number of benzene rings is 3. The maximum atomic E-state index is 13.0. The molecule has 0 aliphatic heterocycles. The van der Waals surface area contributed by atoms with Gasteiger partial charge in [-0.3, -0.25) is 9.59 Å². The number of anilines is 1. The van der Waals surface area contributed by atoms with Gasteiger partial charge in [0.1, 0.15) is 0 Å². The van der Waals surface area contributed by atoms with Crippen LogP contribution in [0.3, 0.4) is 0 Å². The van der Waals surface area contributed by atoms with E-state index in [9.17, 15) is 9.59 Å². The number of aryl methyl sites for hydroxylation is 2. The summed E-state index contributed by atoms with van der Waals surface area (Å²) in [6.45, 7) is 3.97. The zero-order valence-electron chi connectivity index (χ0n) is 16.2. The first-order valence-electron chi connectivity index (χ1n) is 9.60. The molecule has 0 atom stereocenters. The van der Waals surface area contributed by atoms with Crippen LogP contribution in [0.5, 0.6) is 0 Å². The van der Waals surface area contributed by atoms with Crippen LogP contribution in [0.15, 0.2) is 91.5 Å². The first-order valence-corrected chi connectivity index (χ1v) is 9.60. The highest BCUT2D eigenvalue weighted by atomic mass is 16.2. The second kappa shape index (κ2) is 10.0. The number of para-hydroxylation sites is 1. The molecule has 0 aromatic heterocycles. The van der Waals surface area contributed by atoms with Crippen LogP contribution >= 0.6 is 0 Å². The Bertz CT molecular complexity index is 996. The summed E-state index contributed by atoms with van der Waals surface area (Å²) in [6, 6.07) is 24.8. The summed E-state index contributed by atoms with van der Waals surface area (Å²) in [7, 11) is 0. The Balaban J connectivity index is 1.77. The van der Waals surface area contributed by atoms with Crippen LogP contribution in [0.25, 0.3) is 0 Å². The quantitative estimate of drug-likeness (QED) is 0.556. The molecule has 2 N–H and O–H groups in total. The van der Waals surface area contributed by atoms with Gasteiger partial charge in [0.05, 0.1) is 11.3 Å². The van der Waals surface area contributed by atoms with E-state index < -0.39 is 0 Å². The molecular formula is C25H24N2O2. The van der Waals surface area contributed by atoms with Gasteiger partial charge in [0, 0.05) is 12.1 Å². The summed E-state index contributed by atoms with van der Waals surface area (Å²) in [5, 5.41) is 5.64. The van der Waals surface area contributed by atoms with Gasteiger partial charge in [0.2, 0.25) is 0 Å². The number of carbonyl (C=O) groups is 2. The molecule has 0 unspecified atom stereocenters. The van der Waals surface area contributed by atoms with Crippen molar-refractivity contribution < 1.29 is 9.59 Å². The van der Waals surface area contributed by atoms with Crippen LogP contribution in [-0.2, 0) is 12.8 Å². The Morgan fingerprint density at radius 2 is 1.41 bits per heavy atom. The monoisotopic (exact) mass is 384 g/mol. The van der Waals surface area contributed by atoms with Gasteiger partial charge >= 0.3 is 0 Å². The molecule has 0 bridgehead atoms. The van der Waals surface area contributed by atoms with E-state index in [1.54, 1.807) is 30.3 Å². The SMILES string of the molecule is C=CCNC(=O)c1ccccc1NC(=O)c1ccccc1CCc1ccccc1. The molecule has 0 heterocycles. The maximum Gasteiger partial charge on any atom is 0.255 e. The van der Waals surface area contributed by atoms with Crippen molar-refractivity contribution in [2.75, 3.05) is 11.9 Å². The highest BCUT2D eigenvalue weighted by Gasteiger charge is 2.15. The standard InChI is InChI=1S/C25H24N2O2/c1-2-18-26-24(28)22-14-8-9-15-23(22)27-25(29)21-13-7-6-12-20(21)17-16-19-10-4-3-5-11-19/h2-15H,1,16-18H2,(H,26,28)(H,27,29). The van der Waals surface area contributed by atoms with Gasteiger partial charge in [0.25, 0.3) is 11.8 Å². The third kappa shape index (κ3) is 5.42. The Morgan fingerprint density at radius 3 is 2.17 bits per heavy atom. The molecule has 3 aromatic carbocycles. The van der Waals surface area contributed by atoms with Crippen molar-refractivity contribution in [2.45, 2.75) is 12.8 Å². The molecule has 3 aromatic rings. The zero-order chi connectivity index (χ0) is 20.5. The molecule has 0 spiro atoms. The van der Waals surface area contributed by atoms with Gasteiger partial charge in [-0.1, -0.05) is 66.7 Å². The minimum Gasteiger partial charge on any atom is -0.349 e. The minimum absolute atomic E-state index is 0.224. The predicted octanol–water partition coefficient (Wildman–Crippen LogP) is 4.64. The second-order valence-electron chi connectivity index (χ2n) is 6.64. The van der Waals surface area contributed by atoms with Crippen LogP contribution in [0, 0.1) is 0 Å². The summed E-state index contributed by atoms with van der Waals surface area (Å²) in [5.41, 5.74) is 3.72. The second-order valence-corrected chi connectivity index (χ2v) is 6.64. The van der Waals surface area contributed by atoms with Gasteiger partial charge in [-0.2, -0.15) is 0 Å². The van der Waals surface area contributed by atoms with E-state index in [-0.39, 0.29) is 11.8 Å². The molecule has 146 valence electrons. The lowest BCUT2D eigenvalue weighted by Gasteiger charge is -2.13. The van der Waals surface area contributed by atoms with E-state index in [1.807, 2.05) is 42.5 Å². The van der Waals surface area contributed by atoms with E-state index in [0.717, 1.165) is 18.4 Å². The molecule has 2 amide bonds. The molecule has 0 saturated carbocycles.